The number of benzene rings is 2. The van der Waals surface area contributed by atoms with E-state index in [4.69, 9.17) is 28.0 Å². The molecule has 126 valence electrons. The number of nitrogens with zero attached hydrogens (tertiary/aromatic N) is 1. The summed E-state index contributed by atoms with van der Waals surface area (Å²) in [5.74, 6) is -0.278. The van der Waals surface area contributed by atoms with Gasteiger partial charge in [-0.1, -0.05) is 58.2 Å². The number of carbonyl (C=O) groups is 1. The number of nitrogens with one attached hydrogen (secondary N) is 1. The summed E-state index contributed by atoms with van der Waals surface area (Å²) in [6.07, 6.45) is 1.42. The number of rotatable bonds is 5. The fourth-order valence-electron chi connectivity index (χ4n) is 2.36. The molecule has 2 aromatic carbocycles. The summed E-state index contributed by atoms with van der Waals surface area (Å²) in [5, 5.41) is 7.42. The van der Waals surface area contributed by atoms with Crippen LogP contribution in [0.1, 0.15) is 22.3 Å². The third kappa shape index (κ3) is 4.73. The Morgan fingerprint density at radius 3 is 2.54 bits per heavy atom. The van der Waals surface area contributed by atoms with Gasteiger partial charge in [-0.25, -0.2) is 0 Å². The molecule has 0 heterocycles. The van der Waals surface area contributed by atoms with Gasteiger partial charge in [0, 0.05) is 11.3 Å². The van der Waals surface area contributed by atoms with Crippen molar-refractivity contribution in [3.8, 4) is 0 Å². The second-order valence-corrected chi connectivity index (χ2v) is 6.26. The zero-order chi connectivity index (χ0) is 17.7. The van der Waals surface area contributed by atoms with Crippen LogP contribution in [-0.2, 0) is 9.63 Å². The predicted octanol–water partition coefficient (Wildman–Crippen LogP) is 4.91. The Labute approximate surface area is 151 Å². The molecule has 1 N–H and O–H groups in total. The summed E-state index contributed by atoms with van der Waals surface area (Å²) in [6, 6.07) is 9.22. The molecule has 0 fully saturated rings. The molecule has 0 spiro atoms. The van der Waals surface area contributed by atoms with E-state index in [-0.39, 0.29) is 12.5 Å². The van der Waals surface area contributed by atoms with Gasteiger partial charge in [0.2, 0.25) is 0 Å². The van der Waals surface area contributed by atoms with Crippen molar-refractivity contribution in [2.45, 2.75) is 20.8 Å². The van der Waals surface area contributed by atoms with Crippen molar-refractivity contribution in [2.75, 3.05) is 11.9 Å². The average molecular weight is 365 g/mol. The highest BCUT2D eigenvalue weighted by Crippen LogP contribution is 2.24. The number of aryl methyl sites for hydroxylation is 3. The Morgan fingerprint density at radius 1 is 1.21 bits per heavy atom. The van der Waals surface area contributed by atoms with Crippen molar-refractivity contribution in [3.05, 3.63) is 62.6 Å². The van der Waals surface area contributed by atoms with Gasteiger partial charge in [0.25, 0.3) is 5.91 Å². The van der Waals surface area contributed by atoms with Crippen LogP contribution in [0.2, 0.25) is 10.0 Å². The molecule has 0 unspecified atom stereocenters. The van der Waals surface area contributed by atoms with Crippen molar-refractivity contribution in [2.24, 2.45) is 5.16 Å². The van der Waals surface area contributed by atoms with E-state index in [0.29, 0.717) is 15.6 Å². The fraction of sp³-hybridized carbons (Fsp3) is 0.222. The van der Waals surface area contributed by atoms with Crippen molar-refractivity contribution < 1.29 is 9.63 Å². The molecule has 1 amide bonds. The van der Waals surface area contributed by atoms with Crippen LogP contribution in [0.4, 0.5) is 5.69 Å². The number of carbonyl (C=O) groups excluding carboxylic acids is 1. The molecule has 0 aliphatic rings. The van der Waals surface area contributed by atoms with Gasteiger partial charge in [-0.2, -0.15) is 0 Å². The van der Waals surface area contributed by atoms with Gasteiger partial charge in [-0.05, 0) is 38.0 Å². The maximum Gasteiger partial charge on any atom is 0.265 e. The number of anilines is 1. The monoisotopic (exact) mass is 364 g/mol. The van der Waals surface area contributed by atoms with Gasteiger partial charge >= 0.3 is 0 Å². The lowest BCUT2D eigenvalue weighted by Crippen LogP contribution is -2.18. The SMILES string of the molecule is Cc1cc(C)c(NC(=O)CO/N=C\c2cccc(Cl)c2Cl)c(C)c1. The summed E-state index contributed by atoms with van der Waals surface area (Å²) in [7, 11) is 0. The minimum atomic E-state index is -0.278. The summed E-state index contributed by atoms with van der Waals surface area (Å²) in [6.45, 7) is 5.73. The molecule has 4 nitrogen and oxygen atoms in total. The Hall–Kier alpha value is -2.04. The number of hydrogen-bond acceptors (Lipinski definition) is 3. The van der Waals surface area contributed by atoms with Crippen molar-refractivity contribution >= 4 is 41.0 Å². The van der Waals surface area contributed by atoms with E-state index in [2.05, 4.69) is 10.5 Å². The Morgan fingerprint density at radius 2 is 1.88 bits per heavy atom. The van der Waals surface area contributed by atoms with Crippen LogP contribution >= 0.6 is 23.2 Å². The maximum atomic E-state index is 12.0. The van der Waals surface area contributed by atoms with Crippen LogP contribution in [0.25, 0.3) is 0 Å². The molecular formula is C18H18Cl2N2O2. The van der Waals surface area contributed by atoms with Crippen LogP contribution in [0.5, 0.6) is 0 Å². The normalized spacial score (nSPS) is 10.9. The van der Waals surface area contributed by atoms with E-state index in [1.165, 1.54) is 6.21 Å². The van der Waals surface area contributed by atoms with E-state index < -0.39 is 0 Å². The minimum Gasteiger partial charge on any atom is -0.386 e. The molecule has 0 radical (unpaired) electrons. The molecule has 0 saturated carbocycles. The third-order valence-corrected chi connectivity index (χ3v) is 4.22. The van der Waals surface area contributed by atoms with Crippen LogP contribution in [0.3, 0.4) is 0 Å². The molecule has 0 aliphatic heterocycles. The lowest BCUT2D eigenvalue weighted by Gasteiger charge is -2.12. The topological polar surface area (TPSA) is 50.7 Å². The third-order valence-electron chi connectivity index (χ3n) is 3.38. The average Bonchev–Trinajstić information content (AvgIpc) is 2.51. The van der Waals surface area contributed by atoms with E-state index in [9.17, 15) is 4.79 Å². The summed E-state index contributed by atoms with van der Waals surface area (Å²) < 4.78 is 0. The Bertz CT molecular complexity index is 766. The molecule has 6 heteroatoms. The molecule has 0 atom stereocenters. The van der Waals surface area contributed by atoms with Crippen molar-refractivity contribution in [1.82, 2.24) is 0 Å². The van der Waals surface area contributed by atoms with Crippen molar-refractivity contribution in [1.29, 1.82) is 0 Å². The summed E-state index contributed by atoms with van der Waals surface area (Å²) in [4.78, 5) is 17.0. The van der Waals surface area contributed by atoms with E-state index in [1.54, 1.807) is 18.2 Å². The van der Waals surface area contributed by atoms with Gasteiger partial charge < -0.3 is 10.2 Å². The number of amides is 1. The van der Waals surface area contributed by atoms with Crippen LogP contribution in [-0.4, -0.2) is 18.7 Å². The lowest BCUT2D eigenvalue weighted by atomic mass is 10.1. The van der Waals surface area contributed by atoms with E-state index in [1.807, 2.05) is 32.9 Å². The Balaban J connectivity index is 1.92. The number of oxime groups is 1. The molecule has 0 bridgehead atoms. The van der Waals surface area contributed by atoms with E-state index in [0.717, 1.165) is 22.4 Å². The van der Waals surface area contributed by atoms with Gasteiger partial charge in [0.05, 0.1) is 16.3 Å². The lowest BCUT2D eigenvalue weighted by molar-refractivity contribution is -0.120. The first-order valence-electron chi connectivity index (χ1n) is 7.35. The highest BCUT2D eigenvalue weighted by molar-refractivity contribution is 6.43. The zero-order valence-electron chi connectivity index (χ0n) is 13.7. The standard InChI is InChI=1S/C18H18Cl2N2O2/c1-11-7-12(2)18(13(3)8-11)22-16(23)10-24-21-9-14-5-4-6-15(19)17(14)20/h4-9H,10H2,1-3H3,(H,22,23)/b21-9-. The smallest absolute Gasteiger partial charge is 0.265 e. The highest BCUT2D eigenvalue weighted by Gasteiger charge is 2.08. The molecule has 0 saturated heterocycles. The van der Waals surface area contributed by atoms with Crippen LogP contribution in [0, 0.1) is 20.8 Å². The number of hydrogen-bond donors (Lipinski definition) is 1. The molecule has 2 aromatic rings. The van der Waals surface area contributed by atoms with Gasteiger partial charge in [-0.15, -0.1) is 0 Å². The predicted molar refractivity (Wildman–Crippen MR) is 99.3 cm³/mol. The van der Waals surface area contributed by atoms with Crippen LogP contribution < -0.4 is 5.32 Å². The van der Waals surface area contributed by atoms with Gasteiger partial charge in [0.1, 0.15) is 0 Å². The second kappa shape index (κ2) is 8.18. The number of halogens is 2. The van der Waals surface area contributed by atoms with Gasteiger partial charge in [0.15, 0.2) is 6.61 Å². The molecule has 0 aliphatic carbocycles. The Kier molecular flexibility index (Phi) is 6.23. The molecule has 0 aromatic heterocycles. The molecular weight excluding hydrogens is 347 g/mol. The first-order chi connectivity index (χ1) is 11.4. The summed E-state index contributed by atoms with van der Waals surface area (Å²) >= 11 is 11.9. The maximum absolute atomic E-state index is 12.0. The highest BCUT2D eigenvalue weighted by atomic mass is 35.5. The van der Waals surface area contributed by atoms with Crippen molar-refractivity contribution in [3.63, 3.8) is 0 Å². The van der Waals surface area contributed by atoms with E-state index >= 15 is 0 Å². The van der Waals surface area contributed by atoms with Crippen LogP contribution in [0.15, 0.2) is 35.5 Å². The minimum absolute atomic E-state index is 0.193. The zero-order valence-corrected chi connectivity index (χ0v) is 15.2. The first-order valence-corrected chi connectivity index (χ1v) is 8.11. The largest absolute Gasteiger partial charge is 0.386 e. The molecule has 2 rings (SSSR count). The molecule has 24 heavy (non-hydrogen) atoms. The second-order valence-electron chi connectivity index (χ2n) is 5.47. The quantitative estimate of drug-likeness (QED) is 0.605. The first kappa shape index (κ1) is 18.3. The summed E-state index contributed by atoms with van der Waals surface area (Å²) in [5.41, 5.74) is 4.60. The fourth-order valence-corrected chi connectivity index (χ4v) is 2.72. The van der Waals surface area contributed by atoms with Gasteiger partial charge in [-0.3, -0.25) is 4.79 Å².